The van der Waals surface area contributed by atoms with Crippen LogP contribution in [0.3, 0.4) is 0 Å². The molecule has 0 aliphatic rings. The zero-order valence-electron chi connectivity index (χ0n) is 10.7. The number of rotatable bonds is 5. The lowest BCUT2D eigenvalue weighted by Crippen LogP contribution is -2.22. The minimum Gasteiger partial charge on any atom is -0.497 e. The Hall–Kier alpha value is -1.68. The highest BCUT2D eigenvalue weighted by molar-refractivity contribution is 7.09. The number of nitrogens with zero attached hydrogens (tertiary/aromatic N) is 1. The largest absolute Gasteiger partial charge is 0.497 e. The number of nitrogen functional groups attached to an aromatic ring is 1. The standard InChI is InChI=1S/C14H18N2OS/c1-3-16(10-12-5-4-8-18-12)14-9-11(17-2)6-7-13(14)15/h4-9H,3,10,15H2,1-2H3. The Kier molecular flexibility index (Phi) is 4.10. The van der Waals surface area contributed by atoms with Gasteiger partial charge in [0.25, 0.3) is 0 Å². The first-order valence-corrected chi connectivity index (χ1v) is 6.83. The second kappa shape index (κ2) is 5.78. The summed E-state index contributed by atoms with van der Waals surface area (Å²) in [7, 11) is 1.67. The predicted octanol–water partition coefficient (Wildman–Crippen LogP) is 3.37. The van der Waals surface area contributed by atoms with Crippen molar-refractivity contribution in [3.63, 3.8) is 0 Å². The van der Waals surface area contributed by atoms with Gasteiger partial charge in [0.15, 0.2) is 0 Å². The SMILES string of the molecule is CCN(Cc1cccs1)c1cc(OC)ccc1N. The summed E-state index contributed by atoms with van der Waals surface area (Å²) >= 11 is 1.76. The summed E-state index contributed by atoms with van der Waals surface area (Å²) in [5, 5.41) is 2.10. The molecule has 0 saturated heterocycles. The second-order valence-corrected chi connectivity index (χ2v) is 5.05. The van der Waals surface area contributed by atoms with E-state index < -0.39 is 0 Å². The van der Waals surface area contributed by atoms with Crippen LogP contribution in [0, 0.1) is 0 Å². The van der Waals surface area contributed by atoms with Crippen LogP contribution in [0.15, 0.2) is 35.7 Å². The molecule has 0 amide bonds. The van der Waals surface area contributed by atoms with Crippen LogP contribution in [0.1, 0.15) is 11.8 Å². The third-order valence-corrected chi connectivity index (χ3v) is 3.75. The predicted molar refractivity (Wildman–Crippen MR) is 78.4 cm³/mol. The van der Waals surface area contributed by atoms with Crippen molar-refractivity contribution in [1.82, 2.24) is 0 Å². The number of hydrogen-bond acceptors (Lipinski definition) is 4. The van der Waals surface area contributed by atoms with Gasteiger partial charge in [-0.2, -0.15) is 0 Å². The highest BCUT2D eigenvalue weighted by Gasteiger charge is 2.10. The molecule has 2 aromatic rings. The molecule has 0 atom stereocenters. The molecule has 1 aromatic heterocycles. The molecule has 4 heteroatoms. The Balaban J connectivity index is 2.26. The molecule has 96 valence electrons. The number of nitrogens with two attached hydrogens (primary N) is 1. The topological polar surface area (TPSA) is 38.5 Å². The summed E-state index contributed by atoms with van der Waals surface area (Å²) in [5.41, 5.74) is 7.87. The summed E-state index contributed by atoms with van der Waals surface area (Å²) in [5.74, 6) is 0.837. The fourth-order valence-corrected chi connectivity index (χ4v) is 2.60. The number of benzene rings is 1. The molecule has 3 nitrogen and oxygen atoms in total. The Morgan fingerprint density at radius 2 is 2.17 bits per heavy atom. The summed E-state index contributed by atoms with van der Waals surface area (Å²) < 4.78 is 5.26. The van der Waals surface area contributed by atoms with E-state index in [2.05, 4.69) is 29.3 Å². The van der Waals surface area contributed by atoms with E-state index in [4.69, 9.17) is 10.5 Å². The highest BCUT2D eigenvalue weighted by atomic mass is 32.1. The van der Waals surface area contributed by atoms with Gasteiger partial charge < -0.3 is 15.4 Å². The Morgan fingerprint density at radius 1 is 1.33 bits per heavy atom. The molecule has 0 spiro atoms. The van der Waals surface area contributed by atoms with Crippen molar-refractivity contribution in [2.75, 3.05) is 24.3 Å². The fourth-order valence-electron chi connectivity index (χ4n) is 1.88. The van der Waals surface area contributed by atoms with E-state index in [9.17, 15) is 0 Å². The van der Waals surface area contributed by atoms with Crippen molar-refractivity contribution in [3.05, 3.63) is 40.6 Å². The van der Waals surface area contributed by atoms with Crippen LogP contribution in [0.25, 0.3) is 0 Å². The van der Waals surface area contributed by atoms with E-state index in [0.29, 0.717) is 0 Å². The second-order valence-electron chi connectivity index (χ2n) is 4.02. The van der Waals surface area contributed by atoms with Crippen LogP contribution in [0.2, 0.25) is 0 Å². The molecule has 0 unspecified atom stereocenters. The summed E-state index contributed by atoms with van der Waals surface area (Å²) in [6.07, 6.45) is 0. The monoisotopic (exact) mass is 262 g/mol. The maximum absolute atomic E-state index is 6.06. The fraction of sp³-hybridized carbons (Fsp3) is 0.286. The number of ether oxygens (including phenoxy) is 1. The lowest BCUT2D eigenvalue weighted by molar-refractivity contribution is 0.415. The number of hydrogen-bond donors (Lipinski definition) is 1. The Bertz CT molecular complexity index is 497. The van der Waals surface area contributed by atoms with Crippen molar-refractivity contribution >= 4 is 22.7 Å². The van der Waals surface area contributed by atoms with Gasteiger partial charge in [0.1, 0.15) is 5.75 Å². The first-order valence-electron chi connectivity index (χ1n) is 5.95. The van der Waals surface area contributed by atoms with Crippen LogP contribution in [0.4, 0.5) is 11.4 Å². The maximum Gasteiger partial charge on any atom is 0.121 e. The molecule has 0 bridgehead atoms. The molecular formula is C14H18N2OS. The van der Waals surface area contributed by atoms with Crippen molar-refractivity contribution in [1.29, 1.82) is 0 Å². The van der Waals surface area contributed by atoms with E-state index in [-0.39, 0.29) is 0 Å². The van der Waals surface area contributed by atoms with Crippen LogP contribution in [0.5, 0.6) is 5.75 Å². The van der Waals surface area contributed by atoms with E-state index in [0.717, 1.165) is 30.2 Å². The van der Waals surface area contributed by atoms with Crippen LogP contribution in [-0.2, 0) is 6.54 Å². The first kappa shape index (κ1) is 12.8. The average molecular weight is 262 g/mol. The summed E-state index contributed by atoms with van der Waals surface area (Å²) in [4.78, 5) is 3.59. The van der Waals surface area contributed by atoms with Gasteiger partial charge >= 0.3 is 0 Å². The number of anilines is 2. The van der Waals surface area contributed by atoms with Gasteiger partial charge in [0, 0.05) is 17.5 Å². The van der Waals surface area contributed by atoms with E-state index >= 15 is 0 Å². The molecule has 0 aliphatic carbocycles. The third kappa shape index (κ3) is 2.76. The van der Waals surface area contributed by atoms with Gasteiger partial charge in [0.05, 0.1) is 25.0 Å². The van der Waals surface area contributed by atoms with Gasteiger partial charge in [-0.1, -0.05) is 6.07 Å². The van der Waals surface area contributed by atoms with E-state index in [1.165, 1.54) is 4.88 Å². The normalized spacial score (nSPS) is 10.3. The molecule has 0 saturated carbocycles. The Labute approximate surface area is 112 Å². The van der Waals surface area contributed by atoms with E-state index in [1.807, 2.05) is 18.2 Å². The van der Waals surface area contributed by atoms with Crippen molar-refractivity contribution in [3.8, 4) is 5.75 Å². The third-order valence-electron chi connectivity index (χ3n) is 2.89. The molecule has 2 rings (SSSR count). The molecule has 18 heavy (non-hydrogen) atoms. The lowest BCUT2D eigenvalue weighted by atomic mass is 10.2. The van der Waals surface area contributed by atoms with E-state index in [1.54, 1.807) is 18.4 Å². The average Bonchev–Trinajstić information content (AvgIpc) is 2.90. The molecule has 2 N–H and O–H groups in total. The molecule has 1 aromatic carbocycles. The van der Waals surface area contributed by atoms with Crippen molar-refractivity contribution in [2.45, 2.75) is 13.5 Å². The highest BCUT2D eigenvalue weighted by Crippen LogP contribution is 2.29. The van der Waals surface area contributed by atoms with Crippen LogP contribution in [-0.4, -0.2) is 13.7 Å². The molecular weight excluding hydrogens is 244 g/mol. The smallest absolute Gasteiger partial charge is 0.121 e. The summed E-state index contributed by atoms with van der Waals surface area (Å²) in [6, 6.07) is 9.99. The van der Waals surface area contributed by atoms with Crippen molar-refractivity contribution in [2.24, 2.45) is 0 Å². The van der Waals surface area contributed by atoms with Gasteiger partial charge in [-0.3, -0.25) is 0 Å². The van der Waals surface area contributed by atoms with Gasteiger partial charge in [-0.15, -0.1) is 11.3 Å². The molecule has 0 fully saturated rings. The zero-order chi connectivity index (χ0) is 13.0. The molecule has 0 aliphatic heterocycles. The lowest BCUT2D eigenvalue weighted by Gasteiger charge is -2.24. The van der Waals surface area contributed by atoms with Gasteiger partial charge in [0.2, 0.25) is 0 Å². The first-order chi connectivity index (χ1) is 8.74. The Morgan fingerprint density at radius 3 is 2.78 bits per heavy atom. The minimum atomic E-state index is 0.786. The van der Waals surface area contributed by atoms with Crippen molar-refractivity contribution < 1.29 is 4.74 Å². The number of methoxy groups -OCH3 is 1. The summed E-state index contributed by atoms with van der Waals surface area (Å²) in [6.45, 7) is 3.92. The number of thiophene rings is 1. The van der Waals surface area contributed by atoms with Crippen LogP contribution >= 0.6 is 11.3 Å². The van der Waals surface area contributed by atoms with Gasteiger partial charge in [-0.05, 0) is 30.5 Å². The van der Waals surface area contributed by atoms with Crippen LogP contribution < -0.4 is 15.4 Å². The quantitative estimate of drug-likeness (QED) is 0.840. The van der Waals surface area contributed by atoms with Gasteiger partial charge in [-0.25, -0.2) is 0 Å². The maximum atomic E-state index is 6.06. The molecule has 0 radical (unpaired) electrons. The minimum absolute atomic E-state index is 0.786. The zero-order valence-corrected chi connectivity index (χ0v) is 11.5. The molecule has 1 heterocycles.